The van der Waals surface area contributed by atoms with Crippen LogP contribution in [0.4, 0.5) is 0 Å². The van der Waals surface area contributed by atoms with Gasteiger partial charge in [0.2, 0.25) is 5.91 Å². The van der Waals surface area contributed by atoms with Crippen LogP contribution in [0.2, 0.25) is 0 Å². The Morgan fingerprint density at radius 2 is 1.36 bits per heavy atom. The molecule has 0 fully saturated rings. The minimum Gasteiger partial charge on any atom is -0.359 e. The summed E-state index contributed by atoms with van der Waals surface area (Å²) in [6.45, 7) is 9.83. The molecular formula is C9H23NO. The summed E-state index contributed by atoms with van der Waals surface area (Å²) in [5.74, 6) is 0.00463. The fourth-order valence-electron chi connectivity index (χ4n) is 0. The first-order valence-corrected chi connectivity index (χ1v) is 4.37. The van der Waals surface area contributed by atoms with E-state index in [9.17, 15) is 4.79 Å². The van der Waals surface area contributed by atoms with Gasteiger partial charge in [0.15, 0.2) is 0 Å². The standard InChI is InChI=1S/C4H10.C3H7NO.C2H6/c1-3-4-2;1-3(5)4-2;1-2/h3-4H2,1-2H3;1-2H3,(H,4,5);1-2H3. The first-order valence-electron chi connectivity index (χ1n) is 4.37. The highest BCUT2D eigenvalue weighted by atomic mass is 16.1. The second-order valence-corrected chi connectivity index (χ2v) is 1.81. The third-order valence-electron chi connectivity index (χ3n) is 0.852. The van der Waals surface area contributed by atoms with Crippen molar-refractivity contribution in [1.29, 1.82) is 0 Å². The Morgan fingerprint density at radius 1 is 1.18 bits per heavy atom. The minimum absolute atomic E-state index is 0.00463. The van der Waals surface area contributed by atoms with Crippen LogP contribution in [-0.2, 0) is 4.79 Å². The average Bonchev–Trinajstić information content (AvgIpc) is 2.08. The summed E-state index contributed by atoms with van der Waals surface area (Å²) >= 11 is 0. The van der Waals surface area contributed by atoms with Crippen molar-refractivity contribution in [2.45, 2.75) is 47.5 Å². The summed E-state index contributed by atoms with van der Waals surface area (Å²) in [6.07, 6.45) is 2.64. The van der Waals surface area contributed by atoms with Gasteiger partial charge in [0, 0.05) is 14.0 Å². The van der Waals surface area contributed by atoms with Gasteiger partial charge in [0.05, 0.1) is 0 Å². The number of amides is 1. The highest BCUT2D eigenvalue weighted by Crippen LogP contribution is 1.76. The van der Waals surface area contributed by atoms with Gasteiger partial charge < -0.3 is 5.32 Å². The first-order chi connectivity index (χ1) is 5.18. The lowest BCUT2D eigenvalue weighted by molar-refractivity contribution is -0.118. The lowest BCUT2D eigenvalue weighted by Crippen LogP contribution is -2.11. The van der Waals surface area contributed by atoms with Gasteiger partial charge in [-0.15, -0.1) is 0 Å². The van der Waals surface area contributed by atoms with Gasteiger partial charge >= 0.3 is 0 Å². The molecule has 1 amide bonds. The number of hydrogen-bond acceptors (Lipinski definition) is 1. The van der Waals surface area contributed by atoms with E-state index in [1.54, 1.807) is 7.05 Å². The molecule has 11 heavy (non-hydrogen) atoms. The average molecular weight is 161 g/mol. The molecule has 2 nitrogen and oxygen atoms in total. The van der Waals surface area contributed by atoms with E-state index in [1.165, 1.54) is 19.8 Å². The van der Waals surface area contributed by atoms with Crippen LogP contribution in [0, 0.1) is 0 Å². The Bertz CT molecular complexity index is 60.6. The highest BCUT2D eigenvalue weighted by molar-refractivity contribution is 5.72. The van der Waals surface area contributed by atoms with Crippen LogP contribution in [0.5, 0.6) is 0 Å². The zero-order chi connectivity index (χ0) is 9.70. The van der Waals surface area contributed by atoms with Crippen LogP contribution in [-0.4, -0.2) is 13.0 Å². The molecule has 0 aliphatic heterocycles. The highest BCUT2D eigenvalue weighted by Gasteiger charge is 1.72. The van der Waals surface area contributed by atoms with Gasteiger partial charge in [0.1, 0.15) is 0 Å². The minimum atomic E-state index is 0.00463. The van der Waals surface area contributed by atoms with Gasteiger partial charge in [0.25, 0.3) is 0 Å². The van der Waals surface area contributed by atoms with Crippen LogP contribution in [0.25, 0.3) is 0 Å². The predicted molar refractivity (Wildman–Crippen MR) is 51.7 cm³/mol. The van der Waals surface area contributed by atoms with Crippen LogP contribution < -0.4 is 5.32 Å². The molecule has 0 saturated heterocycles. The Morgan fingerprint density at radius 3 is 1.36 bits per heavy atom. The molecule has 1 N–H and O–H groups in total. The smallest absolute Gasteiger partial charge is 0.216 e. The summed E-state index contributed by atoms with van der Waals surface area (Å²) in [7, 11) is 1.60. The molecular weight excluding hydrogens is 138 g/mol. The first kappa shape index (κ1) is 16.8. The molecule has 70 valence electrons. The second-order valence-electron chi connectivity index (χ2n) is 1.81. The van der Waals surface area contributed by atoms with Crippen molar-refractivity contribution in [3.63, 3.8) is 0 Å². The maximum Gasteiger partial charge on any atom is 0.216 e. The van der Waals surface area contributed by atoms with Crippen molar-refractivity contribution in [1.82, 2.24) is 5.32 Å². The normalized spacial score (nSPS) is 6.36. The summed E-state index contributed by atoms with van der Waals surface area (Å²) in [5.41, 5.74) is 0. The van der Waals surface area contributed by atoms with Crippen LogP contribution >= 0.6 is 0 Å². The van der Waals surface area contributed by atoms with Gasteiger partial charge in [-0.1, -0.05) is 40.5 Å². The number of unbranched alkanes of at least 4 members (excludes halogenated alkanes) is 1. The fraction of sp³-hybridized carbons (Fsp3) is 0.889. The zero-order valence-corrected chi connectivity index (χ0v) is 8.82. The molecule has 2 heteroatoms. The molecule has 0 saturated carbocycles. The molecule has 0 rings (SSSR count). The molecule has 0 spiro atoms. The zero-order valence-electron chi connectivity index (χ0n) is 8.82. The number of nitrogens with one attached hydrogen (secondary N) is 1. The SMILES string of the molecule is CC.CCCC.CNC(C)=O. The number of carbonyl (C=O) groups is 1. The monoisotopic (exact) mass is 161 g/mol. The molecule has 0 aromatic carbocycles. The summed E-state index contributed by atoms with van der Waals surface area (Å²) < 4.78 is 0. The summed E-state index contributed by atoms with van der Waals surface area (Å²) in [6, 6.07) is 0. The van der Waals surface area contributed by atoms with Crippen molar-refractivity contribution >= 4 is 5.91 Å². The molecule has 0 unspecified atom stereocenters. The molecule has 0 aliphatic carbocycles. The van der Waals surface area contributed by atoms with Crippen LogP contribution in [0.3, 0.4) is 0 Å². The third-order valence-corrected chi connectivity index (χ3v) is 0.852. The molecule has 0 bridgehead atoms. The second kappa shape index (κ2) is 22.7. The molecule has 0 aromatic rings. The van der Waals surface area contributed by atoms with E-state index in [4.69, 9.17) is 0 Å². The van der Waals surface area contributed by atoms with E-state index in [0.717, 1.165) is 0 Å². The largest absolute Gasteiger partial charge is 0.359 e. The van der Waals surface area contributed by atoms with E-state index < -0.39 is 0 Å². The van der Waals surface area contributed by atoms with Gasteiger partial charge in [-0.05, 0) is 0 Å². The van der Waals surface area contributed by atoms with E-state index in [2.05, 4.69) is 19.2 Å². The lowest BCUT2D eigenvalue weighted by atomic mass is 10.4. The maximum atomic E-state index is 9.70. The van der Waals surface area contributed by atoms with Gasteiger partial charge in [-0.2, -0.15) is 0 Å². The number of carbonyl (C=O) groups excluding carboxylic acids is 1. The van der Waals surface area contributed by atoms with Gasteiger partial charge in [-0.25, -0.2) is 0 Å². The van der Waals surface area contributed by atoms with Crippen molar-refractivity contribution in [3.8, 4) is 0 Å². The van der Waals surface area contributed by atoms with Crippen LogP contribution in [0.15, 0.2) is 0 Å². The van der Waals surface area contributed by atoms with Crippen molar-refractivity contribution in [2.75, 3.05) is 7.05 Å². The van der Waals surface area contributed by atoms with E-state index >= 15 is 0 Å². The maximum absolute atomic E-state index is 9.70. The number of rotatable bonds is 1. The molecule has 0 aliphatic rings. The Kier molecular flexibility index (Phi) is 34.7. The Balaban J connectivity index is -0.0000000965. The molecule has 0 aromatic heterocycles. The molecule has 0 heterocycles. The third kappa shape index (κ3) is 86.6. The lowest BCUT2D eigenvalue weighted by Gasteiger charge is -1.80. The fourth-order valence-corrected chi connectivity index (χ4v) is 0. The Labute approximate surface area is 71.4 Å². The van der Waals surface area contributed by atoms with Crippen molar-refractivity contribution in [3.05, 3.63) is 0 Å². The van der Waals surface area contributed by atoms with Crippen LogP contribution in [0.1, 0.15) is 47.5 Å². The van der Waals surface area contributed by atoms with Gasteiger partial charge in [-0.3, -0.25) is 4.79 Å². The predicted octanol–water partition coefficient (Wildman–Crippen LogP) is 2.58. The van der Waals surface area contributed by atoms with E-state index in [-0.39, 0.29) is 5.91 Å². The quantitative estimate of drug-likeness (QED) is 0.629. The van der Waals surface area contributed by atoms with E-state index in [1.807, 2.05) is 13.8 Å². The number of hydrogen-bond donors (Lipinski definition) is 1. The molecule has 0 radical (unpaired) electrons. The molecule has 0 atom stereocenters. The van der Waals surface area contributed by atoms with E-state index in [0.29, 0.717) is 0 Å². The summed E-state index contributed by atoms with van der Waals surface area (Å²) in [5, 5.41) is 2.39. The Hall–Kier alpha value is -0.530. The van der Waals surface area contributed by atoms with Crippen molar-refractivity contribution < 1.29 is 4.79 Å². The summed E-state index contributed by atoms with van der Waals surface area (Å²) in [4.78, 5) is 9.70. The topological polar surface area (TPSA) is 29.1 Å². The van der Waals surface area contributed by atoms with Crippen molar-refractivity contribution in [2.24, 2.45) is 0 Å².